The molecule has 0 aliphatic heterocycles. The minimum Gasteiger partial charge on any atom is -0.482 e. The minimum absolute atomic E-state index is 0.139. The molecule has 1 N–H and O–H groups in total. The van der Waals surface area contributed by atoms with Crippen LogP contribution >= 0.6 is 23.1 Å². The van der Waals surface area contributed by atoms with Crippen LogP contribution in [0.25, 0.3) is 0 Å². The molecule has 8 nitrogen and oxygen atoms in total. The molecule has 3 rings (SSSR count). The number of carbonyl (C=O) groups is 1. The van der Waals surface area contributed by atoms with E-state index in [0.29, 0.717) is 22.1 Å². The topological polar surface area (TPSA) is 94.8 Å². The molecular formula is C24H34N6O2S2. The number of anilines is 1. The number of nitrogens with zero attached hydrogens (tertiary/aromatic N) is 5. The SMILES string of the molecule is CCCc1nnc(NC(=O)CSc2nnc(C(C)Oc3ccccc3C(C)C)n2CC(C)C)s1. The Morgan fingerprint density at radius 2 is 1.88 bits per heavy atom. The van der Waals surface area contributed by atoms with E-state index in [2.05, 4.69) is 71.0 Å². The lowest BCUT2D eigenvalue weighted by Crippen LogP contribution is -2.17. The maximum atomic E-state index is 12.5. The van der Waals surface area contributed by atoms with Gasteiger partial charge >= 0.3 is 0 Å². The van der Waals surface area contributed by atoms with Crippen LogP contribution < -0.4 is 10.1 Å². The third-order valence-corrected chi connectivity index (χ3v) is 6.88. The molecule has 0 fully saturated rings. The van der Waals surface area contributed by atoms with Crippen molar-refractivity contribution in [2.75, 3.05) is 11.1 Å². The van der Waals surface area contributed by atoms with Crippen LogP contribution in [0.3, 0.4) is 0 Å². The number of amides is 1. The van der Waals surface area contributed by atoms with E-state index in [9.17, 15) is 4.79 Å². The third-order valence-electron chi connectivity index (χ3n) is 5.01. The summed E-state index contributed by atoms with van der Waals surface area (Å²) < 4.78 is 8.39. The van der Waals surface area contributed by atoms with Gasteiger partial charge in [-0.1, -0.05) is 75.9 Å². The zero-order valence-corrected chi connectivity index (χ0v) is 22.4. The molecule has 0 saturated carbocycles. The molecule has 0 radical (unpaired) electrons. The van der Waals surface area contributed by atoms with Crippen LogP contribution in [0.15, 0.2) is 29.4 Å². The van der Waals surface area contributed by atoms with E-state index in [1.54, 1.807) is 0 Å². The highest BCUT2D eigenvalue weighted by atomic mass is 32.2. The number of hydrogen-bond donors (Lipinski definition) is 1. The number of para-hydroxylation sites is 1. The van der Waals surface area contributed by atoms with Crippen molar-refractivity contribution in [3.05, 3.63) is 40.7 Å². The first kappa shape index (κ1) is 26.2. The summed E-state index contributed by atoms with van der Waals surface area (Å²) in [6.45, 7) is 13.4. The highest BCUT2D eigenvalue weighted by Crippen LogP contribution is 2.31. The summed E-state index contributed by atoms with van der Waals surface area (Å²) in [6.07, 6.45) is 1.58. The number of hydrogen-bond acceptors (Lipinski definition) is 8. The van der Waals surface area contributed by atoms with Crippen LogP contribution in [0.5, 0.6) is 5.75 Å². The number of aromatic nitrogens is 5. The lowest BCUT2D eigenvalue weighted by Gasteiger charge is -2.20. The van der Waals surface area contributed by atoms with E-state index in [1.165, 1.54) is 23.1 Å². The number of benzene rings is 1. The Labute approximate surface area is 209 Å². The van der Waals surface area contributed by atoms with Gasteiger partial charge in [-0.05, 0) is 36.8 Å². The summed E-state index contributed by atoms with van der Waals surface area (Å²) in [5, 5.41) is 22.0. The molecule has 3 aromatic rings. The molecular weight excluding hydrogens is 468 g/mol. The van der Waals surface area contributed by atoms with E-state index >= 15 is 0 Å². The highest BCUT2D eigenvalue weighted by Gasteiger charge is 2.22. The van der Waals surface area contributed by atoms with Gasteiger partial charge in [-0.15, -0.1) is 20.4 Å². The van der Waals surface area contributed by atoms with Gasteiger partial charge in [0, 0.05) is 13.0 Å². The van der Waals surface area contributed by atoms with Crippen molar-refractivity contribution in [2.45, 2.75) is 78.1 Å². The normalized spacial score (nSPS) is 12.4. The average Bonchev–Trinajstić information content (AvgIpc) is 3.39. The van der Waals surface area contributed by atoms with Gasteiger partial charge in [0.1, 0.15) is 10.8 Å². The van der Waals surface area contributed by atoms with Crippen molar-refractivity contribution in [1.29, 1.82) is 0 Å². The van der Waals surface area contributed by atoms with E-state index < -0.39 is 0 Å². The van der Waals surface area contributed by atoms with Crippen LogP contribution in [0.4, 0.5) is 5.13 Å². The Kier molecular flexibility index (Phi) is 9.46. The second-order valence-corrected chi connectivity index (χ2v) is 10.9. The van der Waals surface area contributed by atoms with Gasteiger partial charge in [0.15, 0.2) is 17.1 Å². The molecule has 0 aliphatic carbocycles. The van der Waals surface area contributed by atoms with Crippen LogP contribution in [0.2, 0.25) is 0 Å². The molecule has 1 amide bonds. The summed E-state index contributed by atoms with van der Waals surface area (Å²) in [5.74, 6) is 2.43. The number of thioether (sulfide) groups is 1. The van der Waals surface area contributed by atoms with Crippen LogP contribution in [0, 0.1) is 5.92 Å². The van der Waals surface area contributed by atoms with Crippen molar-refractivity contribution in [2.24, 2.45) is 5.92 Å². The standard InChI is InChI=1S/C24H34N6O2S2/c1-7-10-21-26-28-23(34-21)25-20(31)14-33-24-29-27-22(30(24)13-15(2)3)17(6)32-19-12-9-8-11-18(19)16(4)5/h8-9,11-12,15-17H,7,10,13-14H2,1-6H3,(H,25,28,31). The molecule has 1 aromatic carbocycles. The Balaban J connectivity index is 1.70. The molecule has 2 aromatic heterocycles. The Morgan fingerprint density at radius 1 is 1.12 bits per heavy atom. The predicted octanol–water partition coefficient (Wildman–Crippen LogP) is 5.73. The molecule has 0 bridgehead atoms. The summed E-state index contributed by atoms with van der Waals surface area (Å²) >= 11 is 2.78. The molecule has 0 aliphatic rings. The molecule has 10 heteroatoms. The number of carbonyl (C=O) groups excluding carboxylic acids is 1. The summed E-state index contributed by atoms with van der Waals surface area (Å²) in [7, 11) is 0. The summed E-state index contributed by atoms with van der Waals surface area (Å²) in [6, 6.07) is 8.10. The molecule has 0 saturated heterocycles. The Hall–Kier alpha value is -2.46. The van der Waals surface area contributed by atoms with Crippen molar-refractivity contribution in [3.8, 4) is 5.75 Å². The number of rotatable bonds is 12. The second-order valence-electron chi connectivity index (χ2n) is 8.89. The summed E-state index contributed by atoms with van der Waals surface area (Å²) in [5.41, 5.74) is 1.16. The molecule has 2 heterocycles. The van der Waals surface area contributed by atoms with Crippen molar-refractivity contribution in [3.63, 3.8) is 0 Å². The Bertz CT molecular complexity index is 1080. The quantitative estimate of drug-likeness (QED) is 0.316. The minimum atomic E-state index is -0.285. The Morgan fingerprint density at radius 3 is 2.59 bits per heavy atom. The molecule has 34 heavy (non-hydrogen) atoms. The smallest absolute Gasteiger partial charge is 0.236 e. The molecule has 0 spiro atoms. The zero-order chi connectivity index (χ0) is 24.7. The van der Waals surface area contributed by atoms with Gasteiger partial charge < -0.3 is 9.30 Å². The average molecular weight is 503 g/mol. The molecule has 1 atom stereocenters. The van der Waals surface area contributed by atoms with Gasteiger partial charge in [-0.25, -0.2) is 0 Å². The zero-order valence-electron chi connectivity index (χ0n) is 20.7. The van der Waals surface area contributed by atoms with Crippen molar-refractivity contribution < 1.29 is 9.53 Å². The van der Waals surface area contributed by atoms with E-state index in [-0.39, 0.29) is 17.8 Å². The number of ether oxygens (including phenoxy) is 1. The maximum absolute atomic E-state index is 12.5. The maximum Gasteiger partial charge on any atom is 0.236 e. The molecule has 184 valence electrons. The lowest BCUT2D eigenvalue weighted by atomic mass is 10.0. The summed E-state index contributed by atoms with van der Waals surface area (Å²) in [4.78, 5) is 12.5. The van der Waals surface area contributed by atoms with Gasteiger partial charge in [0.25, 0.3) is 0 Å². The van der Waals surface area contributed by atoms with E-state index in [0.717, 1.165) is 41.5 Å². The fourth-order valence-electron chi connectivity index (χ4n) is 3.46. The van der Waals surface area contributed by atoms with Gasteiger partial charge in [-0.3, -0.25) is 10.1 Å². The first-order valence-electron chi connectivity index (χ1n) is 11.7. The number of aryl methyl sites for hydroxylation is 1. The fraction of sp³-hybridized carbons (Fsp3) is 0.542. The highest BCUT2D eigenvalue weighted by molar-refractivity contribution is 7.99. The largest absolute Gasteiger partial charge is 0.482 e. The second kappa shape index (κ2) is 12.3. The fourth-order valence-corrected chi connectivity index (χ4v) is 5.07. The van der Waals surface area contributed by atoms with Crippen LogP contribution in [-0.4, -0.2) is 36.6 Å². The van der Waals surface area contributed by atoms with Gasteiger partial charge in [0.05, 0.1) is 5.75 Å². The predicted molar refractivity (Wildman–Crippen MR) is 138 cm³/mol. The van der Waals surface area contributed by atoms with Gasteiger partial charge in [0.2, 0.25) is 11.0 Å². The number of nitrogens with one attached hydrogen (secondary N) is 1. The first-order valence-corrected chi connectivity index (χ1v) is 13.5. The first-order chi connectivity index (χ1) is 16.3. The lowest BCUT2D eigenvalue weighted by molar-refractivity contribution is -0.113. The van der Waals surface area contributed by atoms with Crippen LogP contribution in [-0.2, 0) is 17.8 Å². The van der Waals surface area contributed by atoms with Crippen molar-refractivity contribution in [1.82, 2.24) is 25.0 Å². The van der Waals surface area contributed by atoms with E-state index in [1.807, 2.05) is 25.1 Å². The van der Waals surface area contributed by atoms with Crippen molar-refractivity contribution >= 4 is 34.1 Å². The van der Waals surface area contributed by atoms with Gasteiger partial charge in [-0.2, -0.15) is 0 Å². The third kappa shape index (κ3) is 7.02. The van der Waals surface area contributed by atoms with E-state index in [4.69, 9.17) is 4.74 Å². The molecule has 1 unspecified atom stereocenters. The monoisotopic (exact) mass is 502 g/mol. The van der Waals surface area contributed by atoms with Crippen LogP contribution in [0.1, 0.15) is 76.4 Å².